The number of nitrogens with one attached hydrogen (secondary N) is 3. The highest BCUT2D eigenvalue weighted by molar-refractivity contribution is 7.96. The molecule has 0 saturated carbocycles. The van der Waals surface area contributed by atoms with Gasteiger partial charge in [-0.15, -0.1) is 5.10 Å². The Labute approximate surface area is 170 Å². The Hall–Kier alpha value is -1.57. The topological polar surface area (TPSA) is 68.9 Å². The molecule has 0 unspecified atom stereocenters. The zero-order chi connectivity index (χ0) is 18.6. The van der Waals surface area contributed by atoms with Crippen molar-refractivity contribution in [3.8, 4) is 0 Å². The average molecular weight is 397 g/mol. The molecule has 3 heterocycles. The summed E-state index contributed by atoms with van der Waals surface area (Å²) in [7, 11) is 0. The fourth-order valence-corrected chi connectivity index (χ4v) is 6.24. The number of piperidine rings is 1. The van der Waals surface area contributed by atoms with E-state index in [-0.39, 0.29) is 0 Å². The first-order valence-electron chi connectivity index (χ1n) is 10.8. The molecule has 0 bridgehead atoms. The number of hydrogen-bond donors (Lipinski definition) is 3. The fraction of sp³-hybridized carbons (Fsp3) is 0.619. The van der Waals surface area contributed by atoms with Crippen LogP contribution in [-0.4, -0.2) is 45.7 Å². The summed E-state index contributed by atoms with van der Waals surface area (Å²) < 4.78 is 2.43. The zero-order valence-electron chi connectivity index (χ0n) is 16.3. The predicted molar refractivity (Wildman–Crippen MR) is 112 cm³/mol. The number of hydrogen-bond acceptors (Lipinski definition) is 6. The van der Waals surface area contributed by atoms with Crippen LogP contribution in [0.15, 0.2) is 11.2 Å². The standard InChI is InChI=1S/C21H28N6S/c1-3-14-11-15-4-2-6-17(15)18(16(14)5-1)23-19-24-20(26-25-19)28-27-9-7-21(8-10-27)12-22-13-21/h11,22H,1-10,12-13H2,(H2,23,24,25,26). The Morgan fingerprint density at radius 2 is 1.71 bits per heavy atom. The lowest BCUT2D eigenvalue weighted by molar-refractivity contribution is 0.0906. The van der Waals surface area contributed by atoms with Crippen LogP contribution < -0.4 is 10.6 Å². The smallest absolute Gasteiger partial charge is 0.225 e. The molecule has 4 aliphatic rings. The Kier molecular flexibility index (Phi) is 4.17. The molecule has 1 spiro atoms. The Balaban J connectivity index is 1.17. The largest absolute Gasteiger partial charge is 0.324 e. The van der Waals surface area contributed by atoms with E-state index in [0.29, 0.717) is 5.41 Å². The molecule has 1 aromatic heterocycles. The summed E-state index contributed by atoms with van der Waals surface area (Å²) in [6, 6.07) is 2.47. The van der Waals surface area contributed by atoms with Gasteiger partial charge in [-0.1, -0.05) is 6.07 Å². The van der Waals surface area contributed by atoms with Gasteiger partial charge in [0.1, 0.15) is 0 Å². The van der Waals surface area contributed by atoms with Crippen LogP contribution in [0.5, 0.6) is 0 Å². The number of H-pyrrole nitrogens is 1. The maximum absolute atomic E-state index is 4.75. The lowest BCUT2D eigenvalue weighted by atomic mass is 9.74. The minimum Gasteiger partial charge on any atom is -0.324 e. The quantitative estimate of drug-likeness (QED) is 0.690. The summed E-state index contributed by atoms with van der Waals surface area (Å²) in [5.74, 6) is 0.786. The number of benzene rings is 1. The van der Waals surface area contributed by atoms with Crippen LogP contribution in [0.3, 0.4) is 0 Å². The van der Waals surface area contributed by atoms with Gasteiger partial charge < -0.3 is 10.6 Å². The third-order valence-electron chi connectivity index (χ3n) is 7.18. The SMILES string of the molecule is c1c2c(c(Nc3nc(SN4CCC5(CC4)CNC5)n[nH]3)c3c1CCC3)CCC2. The van der Waals surface area contributed by atoms with Gasteiger partial charge in [0.15, 0.2) is 0 Å². The molecule has 2 aliphatic heterocycles. The van der Waals surface area contributed by atoms with E-state index in [0.717, 1.165) is 24.2 Å². The van der Waals surface area contributed by atoms with E-state index in [2.05, 4.69) is 31.2 Å². The first kappa shape index (κ1) is 17.3. The molecule has 7 heteroatoms. The molecule has 1 aromatic carbocycles. The molecule has 3 N–H and O–H groups in total. The minimum atomic E-state index is 0.580. The zero-order valence-corrected chi connectivity index (χ0v) is 17.1. The van der Waals surface area contributed by atoms with Gasteiger partial charge in [-0.05, 0) is 79.0 Å². The fourth-order valence-electron chi connectivity index (χ4n) is 5.43. The molecule has 2 aliphatic carbocycles. The van der Waals surface area contributed by atoms with Crippen LogP contribution in [0.4, 0.5) is 11.6 Å². The van der Waals surface area contributed by atoms with Crippen molar-refractivity contribution in [3.05, 3.63) is 28.3 Å². The number of aromatic amines is 1. The average Bonchev–Trinajstić information content (AvgIpc) is 3.41. The van der Waals surface area contributed by atoms with Crippen molar-refractivity contribution in [2.24, 2.45) is 5.41 Å². The molecule has 2 fully saturated rings. The van der Waals surface area contributed by atoms with Crippen molar-refractivity contribution in [1.82, 2.24) is 24.8 Å². The summed E-state index contributed by atoms with van der Waals surface area (Å²) >= 11 is 1.70. The van der Waals surface area contributed by atoms with Crippen molar-refractivity contribution < 1.29 is 0 Å². The molecule has 6 rings (SSSR count). The lowest BCUT2D eigenvalue weighted by Crippen LogP contribution is -2.57. The number of nitrogens with zero attached hydrogens (tertiary/aromatic N) is 3. The molecule has 2 aromatic rings. The molecule has 6 nitrogen and oxygen atoms in total. The van der Waals surface area contributed by atoms with E-state index < -0.39 is 0 Å². The van der Waals surface area contributed by atoms with Crippen LogP contribution in [-0.2, 0) is 25.7 Å². The molecular weight excluding hydrogens is 368 g/mol. The van der Waals surface area contributed by atoms with Crippen LogP contribution in [0.25, 0.3) is 0 Å². The maximum Gasteiger partial charge on any atom is 0.225 e. The first-order chi connectivity index (χ1) is 13.8. The van der Waals surface area contributed by atoms with Crippen molar-refractivity contribution in [3.63, 3.8) is 0 Å². The van der Waals surface area contributed by atoms with Gasteiger partial charge in [0.25, 0.3) is 0 Å². The van der Waals surface area contributed by atoms with Crippen LogP contribution >= 0.6 is 11.9 Å². The first-order valence-corrected chi connectivity index (χ1v) is 11.5. The molecule has 2 saturated heterocycles. The minimum absolute atomic E-state index is 0.580. The maximum atomic E-state index is 4.75. The molecule has 0 radical (unpaired) electrons. The van der Waals surface area contributed by atoms with Gasteiger partial charge in [0.05, 0.1) is 0 Å². The normalized spacial score (nSPS) is 22.9. The van der Waals surface area contributed by atoms with Gasteiger partial charge in [0, 0.05) is 43.8 Å². The monoisotopic (exact) mass is 396 g/mol. The predicted octanol–water partition coefficient (Wildman–Crippen LogP) is 3.22. The number of rotatable bonds is 4. The van der Waals surface area contributed by atoms with E-state index in [4.69, 9.17) is 4.98 Å². The second-order valence-electron chi connectivity index (χ2n) is 8.95. The van der Waals surface area contributed by atoms with Gasteiger partial charge in [-0.2, -0.15) is 4.98 Å². The summed E-state index contributed by atoms with van der Waals surface area (Å²) in [5, 5.41) is 15.5. The van der Waals surface area contributed by atoms with E-state index in [1.54, 1.807) is 23.1 Å². The molecule has 0 amide bonds. The summed E-state index contributed by atoms with van der Waals surface area (Å²) in [4.78, 5) is 4.75. The van der Waals surface area contributed by atoms with E-state index in [1.165, 1.54) is 81.3 Å². The number of fused-ring (bicyclic) bond motifs is 2. The summed E-state index contributed by atoms with van der Waals surface area (Å²) in [5.41, 5.74) is 8.03. The second kappa shape index (κ2) is 6.75. The van der Waals surface area contributed by atoms with Crippen molar-refractivity contribution in [1.29, 1.82) is 0 Å². The highest BCUT2D eigenvalue weighted by Crippen LogP contribution is 2.40. The van der Waals surface area contributed by atoms with Gasteiger partial charge in [-0.3, -0.25) is 0 Å². The number of anilines is 2. The van der Waals surface area contributed by atoms with Crippen molar-refractivity contribution >= 4 is 23.6 Å². The lowest BCUT2D eigenvalue weighted by Gasteiger charge is -2.47. The second-order valence-corrected chi connectivity index (χ2v) is 10.0. The molecule has 28 heavy (non-hydrogen) atoms. The Morgan fingerprint density at radius 3 is 2.36 bits per heavy atom. The van der Waals surface area contributed by atoms with Crippen LogP contribution in [0.1, 0.15) is 47.9 Å². The summed E-state index contributed by atoms with van der Waals surface area (Å²) in [6.45, 7) is 4.66. The van der Waals surface area contributed by atoms with Gasteiger partial charge in [-0.25, -0.2) is 9.40 Å². The Bertz CT molecular complexity index is 860. The van der Waals surface area contributed by atoms with Gasteiger partial charge >= 0.3 is 0 Å². The molecule has 0 atom stereocenters. The van der Waals surface area contributed by atoms with Gasteiger partial charge in [0.2, 0.25) is 11.1 Å². The molecular formula is C21H28N6S. The van der Waals surface area contributed by atoms with E-state index in [1.807, 2.05) is 0 Å². The van der Waals surface area contributed by atoms with Crippen molar-refractivity contribution in [2.45, 2.75) is 56.5 Å². The van der Waals surface area contributed by atoms with Crippen LogP contribution in [0.2, 0.25) is 0 Å². The number of aryl methyl sites for hydroxylation is 2. The highest BCUT2D eigenvalue weighted by Gasteiger charge is 2.40. The number of aromatic nitrogens is 3. The van der Waals surface area contributed by atoms with E-state index in [9.17, 15) is 0 Å². The summed E-state index contributed by atoms with van der Waals surface area (Å²) in [6.07, 6.45) is 9.93. The third-order valence-corrected chi connectivity index (χ3v) is 8.14. The highest BCUT2D eigenvalue weighted by atomic mass is 32.2. The Morgan fingerprint density at radius 1 is 1.00 bits per heavy atom. The van der Waals surface area contributed by atoms with Crippen molar-refractivity contribution in [2.75, 3.05) is 31.5 Å². The molecule has 148 valence electrons. The third kappa shape index (κ3) is 2.95. The van der Waals surface area contributed by atoms with E-state index >= 15 is 0 Å². The van der Waals surface area contributed by atoms with Crippen LogP contribution in [0, 0.1) is 5.41 Å².